The summed E-state index contributed by atoms with van der Waals surface area (Å²) in [4.78, 5) is 13.1. The Bertz CT molecular complexity index is 519. The Morgan fingerprint density at radius 3 is 2.57 bits per heavy atom. The summed E-state index contributed by atoms with van der Waals surface area (Å²) < 4.78 is 2.08. The molecule has 2 heterocycles. The van der Waals surface area contributed by atoms with Crippen LogP contribution in [0.2, 0.25) is 0 Å². The van der Waals surface area contributed by atoms with Gasteiger partial charge in [-0.3, -0.25) is 9.36 Å². The van der Waals surface area contributed by atoms with Crippen molar-refractivity contribution in [1.82, 2.24) is 14.8 Å². The molecule has 2 atom stereocenters. The lowest BCUT2D eigenvalue weighted by atomic mass is 10.0. The first-order valence-corrected chi connectivity index (χ1v) is 8.59. The largest absolute Gasteiger partial charge is 0.481 e. The van der Waals surface area contributed by atoms with E-state index in [9.17, 15) is 4.79 Å². The fourth-order valence-electron chi connectivity index (χ4n) is 3.56. The predicted octanol–water partition coefficient (Wildman–Crippen LogP) is 2.27. The van der Waals surface area contributed by atoms with E-state index >= 15 is 0 Å². The molecule has 0 amide bonds. The first-order chi connectivity index (χ1) is 10.1. The molecule has 1 saturated carbocycles. The Morgan fingerprint density at radius 1 is 1.33 bits per heavy atom. The highest BCUT2D eigenvalue weighted by atomic mass is 32.2. The maximum Gasteiger partial charge on any atom is 0.313 e. The maximum absolute atomic E-state index is 10.8. The van der Waals surface area contributed by atoms with Crippen molar-refractivity contribution in [3.05, 3.63) is 0 Å². The topological polar surface area (TPSA) is 71.2 Å². The van der Waals surface area contributed by atoms with Gasteiger partial charge < -0.3 is 10.0 Å². The highest BCUT2D eigenvalue weighted by Gasteiger charge is 2.38. The SMILES string of the molecule is CC(C)n1c(SCC(=O)O)nnc1N1CC2CCCC2C1. The number of aliphatic carboxylic acids is 1. The van der Waals surface area contributed by atoms with Crippen LogP contribution in [-0.4, -0.2) is 44.7 Å². The quantitative estimate of drug-likeness (QED) is 0.841. The van der Waals surface area contributed by atoms with Gasteiger partial charge in [-0.2, -0.15) is 0 Å². The van der Waals surface area contributed by atoms with Crippen LogP contribution in [0.5, 0.6) is 0 Å². The molecule has 21 heavy (non-hydrogen) atoms. The normalized spacial score (nSPS) is 24.8. The van der Waals surface area contributed by atoms with Crippen molar-refractivity contribution < 1.29 is 9.90 Å². The molecule has 0 aromatic carbocycles. The second kappa shape index (κ2) is 5.87. The van der Waals surface area contributed by atoms with Crippen molar-refractivity contribution in [1.29, 1.82) is 0 Å². The van der Waals surface area contributed by atoms with E-state index in [-0.39, 0.29) is 11.8 Å². The average Bonchev–Trinajstić information content (AvgIpc) is 3.08. The highest BCUT2D eigenvalue weighted by molar-refractivity contribution is 7.99. The minimum Gasteiger partial charge on any atom is -0.481 e. The number of hydrogen-bond acceptors (Lipinski definition) is 5. The lowest BCUT2D eigenvalue weighted by molar-refractivity contribution is -0.133. The zero-order valence-corrected chi connectivity index (χ0v) is 13.3. The van der Waals surface area contributed by atoms with E-state index < -0.39 is 5.97 Å². The number of aromatic nitrogens is 3. The number of rotatable bonds is 5. The number of carbonyl (C=O) groups is 1. The van der Waals surface area contributed by atoms with Gasteiger partial charge in [0.15, 0.2) is 5.16 Å². The van der Waals surface area contributed by atoms with Crippen LogP contribution >= 0.6 is 11.8 Å². The number of fused-ring (bicyclic) bond motifs is 1. The first-order valence-electron chi connectivity index (χ1n) is 7.60. The zero-order chi connectivity index (χ0) is 15.0. The number of nitrogens with zero attached hydrogens (tertiary/aromatic N) is 4. The Balaban J connectivity index is 1.80. The molecule has 0 bridgehead atoms. The number of anilines is 1. The van der Waals surface area contributed by atoms with Crippen LogP contribution in [0.25, 0.3) is 0 Å². The summed E-state index contributed by atoms with van der Waals surface area (Å²) in [6.45, 7) is 6.32. The standard InChI is InChI=1S/C14H22N4O2S/c1-9(2)18-13(15-16-14(18)21-8-12(19)20)17-6-10-4-3-5-11(10)7-17/h9-11H,3-8H2,1-2H3,(H,19,20). The summed E-state index contributed by atoms with van der Waals surface area (Å²) in [5, 5.41) is 18.1. The summed E-state index contributed by atoms with van der Waals surface area (Å²) in [7, 11) is 0. The van der Waals surface area contributed by atoms with Crippen LogP contribution in [-0.2, 0) is 4.79 Å². The van der Waals surface area contributed by atoms with E-state index in [2.05, 4.69) is 33.5 Å². The summed E-state index contributed by atoms with van der Waals surface area (Å²) >= 11 is 1.25. The highest BCUT2D eigenvalue weighted by Crippen LogP contribution is 2.40. The van der Waals surface area contributed by atoms with Gasteiger partial charge in [0.25, 0.3) is 0 Å². The van der Waals surface area contributed by atoms with E-state index in [1.807, 2.05) is 0 Å². The average molecular weight is 310 g/mol. The van der Waals surface area contributed by atoms with Crippen LogP contribution in [0.4, 0.5) is 5.95 Å². The van der Waals surface area contributed by atoms with Gasteiger partial charge in [-0.1, -0.05) is 18.2 Å². The molecule has 1 aromatic heterocycles. The van der Waals surface area contributed by atoms with Crippen LogP contribution < -0.4 is 4.90 Å². The second-order valence-electron chi connectivity index (χ2n) is 6.28. The van der Waals surface area contributed by atoms with E-state index in [0.29, 0.717) is 5.16 Å². The molecule has 2 aliphatic rings. The zero-order valence-electron chi connectivity index (χ0n) is 12.5. The summed E-state index contributed by atoms with van der Waals surface area (Å²) in [5.41, 5.74) is 0. The molecule has 7 heteroatoms. The Morgan fingerprint density at radius 2 is 2.00 bits per heavy atom. The van der Waals surface area contributed by atoms with Crippen molar-refractivity contribution in [2.75, 3.05) is 23.7 Å². The van der Waals surface area contributed by atoms with Gasteiger partial charge in [0.2, 0.25) is 5.95 Å². The monoisotopic (exact) mass is 310 g/mol. The number of carboxylic acid groups (broad SMARTS) is 1. The van der Waals surface area contributed by atoms with Gasteiger partial charge in [-0.15, -0.1) is 10.2 Å². The second-order valence-corrected chi connectivity index (χ2v) is 7.23. The van der Waals surface area contributed by atoms with Gasteiger partial charge in [0, 0.05) is 19.1 Å². The van der Waals surface area contributed by atoms with Crippen LogP contribution in [0.3, 0.4) is 0 Å². The molecular weight excluding hydrogens is 288 g/mol. The molecule has 2 fully saturated rings. The summed E-state index contributed by atoms with van der Waals surface area (Å²) in [5.74, 6) is 1.72. The van der Waals surface area contributed by atoms with E-state index in [1.165, 1.54) is 31.0 Å². The molecule has 1 aliphatic carbocycles. The van der Waals surface area contributed by atoms with Crippen molar-refractivity contribution in [2.24, 2.45) is 11.8 Å². The van der Waals surface area contributed by atoms with E-state index in [1.54, 1.807) is 0 Å². The molecule has 1 aliphatic heterocycles. The predicted molar refractivity (Wildman–Crippen MR) is 81.8 cm³/mol. The van der Waals surface area contributed by atoms with Crippen molar-refractivity contribution in [3.63, 3.8) is 0 Å². The third-order valence-corrected chi connectivity index (χ3v) is 5.42. The maximum atomic E-state index is 10.8. The van der Waals surface area contributed by atoms with Crippen LogP contribution in [0.1, 0.15) is 39.2 Å². The number of thioether (sulfide) groups is 1. The molecule has 6 nitrogen and oxygen atoms in total. The minimum absolute atomic E-state index is 0.0239. The lowest BCUT2D eigenvalue weighted by Gasteiger charge is -2.21. The van der Waals surface area contributed by atoms with Crippen LogP contribution in [0, 0.1) is 11.8 Å². The van der Waals surface area contributed by atoms with Crippen molar-refractivity contribution in [2.45, 2.75) is 44.3 Å². The third-order valence-electron chi connectivity index (χ3n) is 4.50. The molecule has 1 aromatic rings. The van der Waals surface area contributed by atoms with Gasteiger partial charge in [-0.05, 0) is 38.5 Å². The first kappa shape index (κ1) is 14.7. The minimum atomic E-state index is -0.824. The van der Waals surface area contributed by atoms with Gasteiger partial charge in [0.05, 0.1) is 5.75 Å². The van der Waals surface area contributed by atoms with Crippen molar-refractivity contribution in [3.8, 4) is 0 Å². The van der Waals surface area contributed by atoms with Gasteiger partial charge in [0.1, 0.15) is 0 Å². The fourth-order valence-corrected chi connectivity index (χ4v) is 4.34. The summed E-state index contributed by atoms with van der Waals surface area (Å²) in [6.07, 6.45) is 4.02. The molecule has 1 saturated heterocycles. The van der Waals surface area contributed by atoms with Gasteiger partial charge >= 0.3 is 5.97 Å². The number of carboxylic acids is 1. The molecule has 116 valence electrons. The van der Waals surface area contributed by atoms with E-state index in [0.717, 1.165) is 30.9 Å². The van der Waals surface area contributed by atoms with Crippen LogP contribution in [0.15, 0.2) is 5.16 Å². The summed E-state index contributed by atoms with van der Waals surface area (Å²) in [6, 6.07) is 0.228. The van der Waals surface area contributed by atoms with Gasteiger partial charge in [-0.25, -0.2) is 0 Å². The molecule has 0 spiro atoms. The Hall–Kier alpha value is -1.24. The number of hydrogen-bond donors (Lipinski definition) is 1. The van der Waals surface area contributed by atoms with Crippen molar-refractivity contribution >= 4 is 23.7 Å². The fraction of sp³-hybridized carbons (Fsp3) is 0.786. The Labute approximate surface area is 128 Å². The Kier molecular flexibility index (Phi) is 4.10. The molecule has 2 unspecified atom stereocenters. The molecular formula is C14H22N4O2S. The third kappa shape index (κ3) is 2.88. The molecule has 1 N–H and O–H groups in total. The smallest absolute Gasteiger partial charge is 0.313 e. The molecule has 0 radical (unpaired) electrons. The lowest BCUT2D eigenvalue weighted by Crippen LogP contribution is -2.25. The molecule has 3 rings (SSSR count). The van der Waals surface area contributed by atoms with E-state index in [4.69, 9.17) is 5.11 Å².